The summed E-state index contributed by atoms with van der Waals surface area (Å²) in [7, 11) is -3.94. The van der Waals surface area contributed by atoms with Crippen LogP contribution in [0.1, 0.15) is 13.3 Å². The quantitative estimate of drug-likeness (QED) is 0.780. The highest BCUT2D eigenvalue weighted by Crippen LogP contribution is 2.31. The number of hydrogen-bond acceptors (Lipinski definition) is 5. The molecule has 1 unspecified atom stereocenters. The van der Waals surface area contributed by atoms with Gasteiger partial charge in [0.2, 0.25) is 11.8 Å². The van der Waals surface area contributed by atoms with E-state index in [1.165, 1.54) is 17.0 Å². The van der Waals surface area contributed by atoms with E-state index in [4.69, 9.17) is 0 Å². The molecular weight excluding hydrogens is 398 g/mol. The van der Waals surface area contributed by atoms with Crippen molar-refractivity contribution >= 4 is 44.5 Å². The van der Waals surface area contributed by atoms with Gasteiger partial charge in [0, 0.05) is 18.7 Å². The summed E-state index contributed by atoms with van der Waals surface area (Å²) in [6, 6.07) is 16.7. The fourth-order valence-electron chi connectivity index (χ4n) is 2.65. The van der Waals surface area contributed by atoms with Gasteiger partial charge in [-0.25, -0.2) is 0 Å². The zero-order chi connectivity index (χ0) is 20.1. The van der Waals surface area contributed by atoms with Crippen molar-refractivity contribution in [3.8, 4) is 0 Å². The molecule has 28 heavy (non-hydrogen) atoms. The van der Waals surface area contributed by atoms with Crippen molar-refractivity contribution in [2.24, 2.45) is 4.40 Å². The van der Waals surface area contributed by atoms with E-state index in [-0.39, 0.29) is 34.8 Å². The maximum atomic E-state index is 12.6. The standard InChI is InChI=1S/C19H19N3O4S2/c1-2-22-18(24)16(13-17(23)20-14-9-5-3-6-10-14)27-19(22)21-28(25,26)15-11-7-4-8-12-15/h3-12,16H,2,13H2,1H3,(H,20,23)/b21-19+. The number of sulfonamides is 1. The predicted octanol–water partition coefficient (Wildman–Crippen LogP) is 2.72. The van der Waals surface area contributed by atoms with Crippen LogP contribution in [0.2, 0.25) is 0 Å². The van der Waals surface area contributed by atoms with Gasteiger partial charge in [-0.2, -0.15) is 8.42 Å². The van der Waals surface area contributed by atoms with Gasteiger partial charge in [0.1, 0.15) is 5.25 Å². The third-order valence-electron chi connectivity index (χ3n) is 4.00. The molecule has 1 heterocycles. The molecule has 7 nitrogen and oxygen atoms in total. The maximum absolute atomic E-state index is 12.6. The van der Waals surface area contributed by atoms with Crippen LogP contribution in [-0.4, -0.2) is 42.1 Å². The van der Waals surface area contributed by atoms with Crippen molar-refractivity contribution in [2.75, 3.05) is 11.9 Å². The van der Waals surface area contributed by atoms with Crippen molar-refractivity contribution in [1.82, 2.24) is 4.90 Å². The van der Waals surface area contributed by atoms with Gasteiger partial charge in [0.15, 0.2) is 5.17 Å². The number of benzene rings is 2. The number of thioether (sulfide) groups is 1. The first-order chi connectivity index (χ1) is 13.4. The van der Waals surface area contributed by atoms with E-state index >= 15 is 0 Å². The normalized spacial score (nSPS) is 18.5. The first-order valence-electron chi connectivity index (χ1n) is 8.63. The second kappa shape index (κ2) is 8.57. The molecule has 1 saturated heterocycles. The summed E-state index contributed by atoms with van der Waals surface area (Å²) in [6.07, 6.45) is -0.0701. The van der Waals surface area contributed by atoms with Crippen LogP contribution in [0.5, 0.6) is 0 Å². The zero-order valence-corrected chi connectivity index (χ0v) is 16.7. The molecular formula is C19H19N3O4S2. The number of anilines is 1. The Hall–Kier alpha value is -2.65. The van der Waals surface area contributed by atoms with Gasteiger partial charge < -0.3 is 5.32 Å². The van der Waals surface area contributed by atoms with E-state index in [2.05, 4.69) is 9.71 Å². The monoisotopic (exact) mass is 417 g/mol. The summed E-state index contributed by atoms with van der Waals surface area (Å²) in [4.78, 5) is 26.2. The molecule has 2 amide bonds. The molecule has 1 aliphatic rings. The number of nitrogens with zero attached hydrogens (tertiary/aromatic N) is 2. The van der Waals surface area contributed by atoms with Gasteiger partial charge in [-0.1, -0.05) is 48.2 Å². The van der Waals surface area contributed by atoms with Crippen LogP contribution in [0.3, 0.4) is 0 Å². The van der Waals surface area contributed by atoms with E-state index < -0.39 is 15.3 Å². The highest BCUT2D eigenvalue weighted by Gasteiger charge is 2.39. The van der Waals surface area contributed by atoms with E-state index in [9.17, 15) is 18.0 Å². The molecule has 0 radical (unpaired) electrons. The maximum Gasteiger partial charge on any atom is 0.284 e. The highest BCUT2D eigenvalue weighted by molar-refractivity contribution is 8.16. The third-order valence-corrected chi connectivity index (χ3v) is 6.58. The van der Waals surface area contributed by atoms with Crippen LogP contribution in [0.4, 0.5) is 5.69 Å². The Morgan fingerprint density at radius 1 is 1.11 bits per heavy atom. The molecule has 1 aliphatic heterocycles. The summed E-state index contributed by atoms with van der Waals surface area (Å²) in [6.45, 7) is 2.00. The van der Waals surface area contributed by atoms with Gasteiger partial charge in [0.25, 0.3) is 10.0 Å². The lowest BCUT2D eigenvalue weighted by Crippen LogP contribution is -2.33. The largest absolute Gasteiger partial charge is 0.326 e. The Morgan fingerprint density at radius 2 is 1.71 bits per heavy atom. The topological polar surface area (TPSA) is 95.9 Å². The van der Waals surface area contributed by atoms with Crippen LogP contribution in [0, 0.1) is 0 Å². The molecule has 1 fully saturated rings. The first kappa shape index (κ1) is 20.1. The SMILES string of the molecule is CCN1C(=O)C(CC(=O)Nc2ccccc2)S/C1=N/S(=O)(=O)c1ccccc1. The molecule has 1 N–H and O–H groups in total. The predicted molar refractivity (Wildman–Crippen MR) is 110 cm³/mol. The number of rotatable bonds is 6. The van der Waals surface area contributed by atoms with Crippen LogP contribution in [-0.2, 0) is 19.6 Å². The molecule has 0 aromatic heterocycles. The van der Waals surface area contributed by atoms with Crippen molar-refractivity contribution in [3.05, 3.63) is 60.7 Å². The van der Waals surface area contributed by atoms with Gasteiger partial charge in [-0.15, -0.1) is 4.40 Å². The minimum absolute atomic E-state index is 0.0527. The summed E-state index contributed by atoms with van der Waals surface area (Å²) in [5.41, 5.74) is 0.635. The number of amidine groups is 1. The molecule has 0 spiro atoms. The van der Waals surface area contributed by atoms with Crippen molar-refractivity contribution in [3.63, 3.8) is 0 Å². The smallest absolute Gasteiger partial charge is 0.284 e. The molecule has 0 bridgehead atoms. The average molecular weight is 418 g/mol. The molecule has 3 rings (SSSR count). The summed E-state index contributed by atoms with van der Waals surface area (Å²) in [5, 5.41) is 2.11. The number of carbonyl (C=O) groups is 2. The molecule has 146 valence electrons. The number of amides is 2. The number of carbonyl (C=O) groups excluding carboxylic acids is 2. The number of hydrogen-bond donors (Lipinski definition) is 1. The molecule has 0 saturated carbocycles. The van der Waals surface area contributed by atoms with Crippen LogP contribution in [0.15, 0.2) is 70.0 Å². The third kappa shape index (κ3) is 4.60. The lowest BCUT2D eigenvalue weighted by Gasteiger charge is -2.13. The highest BCUT2D eigenvalue weighted by atomic mass is 32.2. The summed E-state index contributed by atoms with van der Waals surface area (Å²) in [5.74, 6) is -0.641. The van der Waals surface area contributed by atoms with E-state index in [0.717, 1.165) is 11.8 Å². The van der Waals surface area contributed by atoms with Crippen molar-refractivity contribution in [1.29, 1.82) is 0 Å². The second-order valence-electron chi connectivity index (χ2n) is 5.97. The van der Waals surface area contributed by atoms with E-state index in [1.54, 1.807) is 49.4 Å². The molecule has 1 atom stereocenters. The number of nitrogens with one attached hydrogen (secondary N) is 1. The lowest BCUT2D eigenvalue weighted by molar-refractivity contribution is -0.128. The Labute approximate surface area is 167 Å². The van der Waals surface area contributed by atoms with Gasteiger partial charge in [-0.05, 0) is 31.2 Å². The summed E-state index contributed by atoms with van der Waals surface area (Å²) < 4.78 is 28.9. The Bertz CT molecular complexity index is 992. The van der Waals surface area contributed by atoms with Gasteiger partial charge >= 0.3 is 0 Å². The van der Waals surface area contributed by atoms with Gasteiger partial charge in [0.05, 0.1) is 4.90 Å². The Morgan fingerprint density at radius 3 is 2.32 bits per heavy atom. The average Bonchev–Trinajstić information content (AvgIpc) is 2.96. The first-order valence-corrected chi connectivity index (χ1v) is 11.0. The molecule has 9 heteroatoms. The van der Waals surface area contributed by atoms with Crippen molar-refractivity contribution in [2.45, 2.75) is 23.5 Å². The van der Waals surface area contributed by atoms with E-state index in [0.29, 0.717) is 5.69 Å². The fraction of sp³-hybridized carbons (Fsp3) is 0.211. The molecule has 2 aromatic carbocycles. The second-order valence-corrected chi connectivity index (χ2v) is 8.74. The summed E-state index contributed by atoms with van der Waals surface area (Å²) >= 11 is 0.998. The molecule has 0 aliphatic carbocycles. The zero-order valence-electron chi connectivity index (χ0n) is 15.1. The van der Waals surface area contributed by atoms with Gasteiger partial charge in [-0.3, -0.25) is 14.5 Å². The minimum atomic E-state index is -3.94. The number of para-hydroxylation sites is 1. The molecule has 2 aromatic rings. The fourth-order valence-corrected chi connectivity index (χ4v) is 5.09. The van der Waals surface area contributed by atoms with Crippen molar-refractivity contribution < 1.29 is 18.0 Å². The minimum Gasteiger partial charge on any atom is -0.326 e. The van der Waals surface area contributed by atoms with Crippen LogP contribution >= 0.6 is 11.8 Å². The Balaban J connectivity index is 1.76. The van der Waals surface area contributed by atoms with E-state index in [1.807, 2.05) is 6.07 Å². The van der Waals surface area contributed by atoms with Crippen LogP contribution in [0.25, 0.3) is 0 Å². The van der Waals surface area contributed by atoms with Crippen LogP contribution < -0.4 is 5.32 Å². The Kier molecular flexibility index (Phi) is 6.15. The lowest BCUT2D eigenvalue weighted by atomic mass is 10.2.